The number of hydrogen-bond donors (Lipinski definition) is 0. The van der Waals surface area contributed by atoms with Crippen molar-refractivity contribution in [2.24, 2.45) is 5.41 Å². The van der Waals surface area contributed by atoms with Gasteiger partial charge in [-0.15, -0.1) is 0 Å². The van der Waals surface area contributed by atoms with Crippen molar-refractivity contribution in [1.29, 1.82) is 0 Å². The SMILES string of the molecule is C=Cc1c(C)ccc2c1C[C@@H](C)N(CC(C)F)C2c1c(C)cc(N2CCC(CC)(CC)CC2)cc1F. The van der Waals surface area contributed by atoms with Crippen LogP contribution in [0.4, 0.5) is 14.5 Å². The number of rotatable bonds is 7. The first-order valence-corrected chi connectivity index (χ1v) is 13.8. The van der Waals surface area contributed by atoms with Crippen LogP contribution in [0.1, 0.15) is 92.8 Å². The number of fused-ring (bicyclic) bond motifs is 1. The monoisotopic (exact) mass is 494 g/mol. The zero-order chi connectivity index (χ0) is 26.2. The smallest absolute Gasteiger partial charge is 0.130 e. The van der Waals surface area contributed by atoms with Gasteiger partial charge in [-0.25, -0.2) is 8.78 Å². The molecule has 3 atom stereocenters. The van der Waals surface area contributed by atoms with Gasteiger partial charge in [0.1, 0.15) is 12.0 Å². The Hall–Kier alpha value is -2.20. The summed E-state index contributed by atoms with van der Waals surface area (Å²) in [6.45, 7) is 18.7. The Morgan fingerprint density at radius 3 is 2.33 bits per heavy atom. The molecule has 2 aliphatic heterocycles. The summed E-state index contributed by atoms with van der Waals surface area (Å²) < 4.78 is 30.6. The fourth-order valence-electron chi connectivity index (χ4n) is 6.77. The summed E-state index contributed by atoms with van der Waals surface area (Å²) in [5, 5.41) is 0. The molecular formula is C32H44F2N2. The molecular weight excluding hydrogens is 450 g/mol. The molecule has 0 aliphatic carbocycles. The highest BCUT2D eigenvalue weighted by atomic mass is 19.1. The predicted octanol–water partition coefficient (Wildman–Crippen LogP) is 8.19. The van der Waals surface area contributed by atoms with Gasteiger partial charge in [-0.1, -0.05) is 51.5 Å². The molecule has 2 heterocycles. The van der Waals surface area contributed by atoms with Crippen LogP contribution in [-0.2, 0) is 6.42 Å². The maximum absolute atomic E-state index is 16.2. The predicted molar refractivity (Wildman–Crippen MR) is 149 cm³/mol. The summed E-state index contributed by atoms with van der Waals surface area (Å²) in [6.07, 6.45) is 6.46. The van der Waals surface area contributed by atoms with Gasteiger partial charge in [0.15, 0.2) is 0 Å². The van der Waals surface area contributed by atoms with Crippen molar-refractivity contribution in [1.82, 2.24) is 4.90 Å². The Morgan fingerprint density at radius 2 is 1.78 bits per heavy atom. The maximum Gasteiger partial charge on any atom is 0.130 e. The van der Waals surface area contributed by atoms with Crippen LogP contribution in [0.3, 0.4) is 0 Å². The van der Waals surface area contributed by atoms with Crippen LogP contribution in [-0.4, -0.2) is 36.7 Å². The van der Waals surface area contributed by atoms with Crippen molar-refractivity contribution < 1.29 is 8.78 Å². The summed E-state index contributed by atoms with van der Waals surface area (Å²) in [5.41, 5.74) is 7.63. The molecule has 196 valence electrons. The molecule has 1 fully saturated rings. The van der Waals surface area contributed by atoms with Crippen molar-refractivity contribution in [2.75, 3.05) is 24.5 Å². The fourth-order valence-corrected chi connectivity index (χ4v) is 6.77. The highest BCUT2D eigenvalue weighted by molar-refractivity contribution is 5.62. The van der Waals surface area contributed by atoms with E-state index in [9.17, 15) is 4.39 Å². The van der Waals surface area contributed by atoms with Crippen molar-refractivity contribution in [3.8, 4) is 0 Å². The molecule has 2 aromatic rings. The van der Waals surface area contributed by atoms with E-state index in [0.29, 0.717) is 11.0 Å². The van der Waals surface area contributed by atoms with Crippen molar-refractivity contribution >= 4 is 11.8 Å². The Morgan fingerprint density at radius 1 is 1.11 bits per heavy atom. The summed E-state index contributed by atoms with van der Waals surface area (Å²) in [7, 11) is 0. The number of hydrogen-bond acceptors (Lipinski definition) is 2. The van der Waals surface area contributed by atoms with Gasteiger partial charge in [0.25, 0.3) is 0 Å². The molecule has 36 heavy (non-hydrogen) atoms. The van der Waals surface area contributed by atoms with Gasteiger partial charge in [0, 0.05) is 36.9 Å². The summed E-state index contributed by atoms with van der Waals surface area (Å²) in [5.74, 6) is -0.185. The number of anilines is 1. The van der Waals surface area contributed by atoms with Gasteiger partial charge in [0.2, 0.25) is 0 Å². The number of aryl methyl sites for hydroxylation is 2. The van der Waals surface area contributed by atoms with E-state index >= 15 is 4.39 Å². The molecule has 1 saturated heterocycles. The highest BCUT2D eigenvalue weighted by Crippen LogP contribution is 2.44. The molecule has 0 N–H and O–H groups in total. The van der Waals surface area contributed by atoms with Crippen LogP contribution >= 0.6 is 0 Å². The van der Waals surface area contributed by atoms with Crippen molar-refractivity contribution in [3.63, 3.8) is 0 Å². The second-order valence-corrected chi connectivity index (χ2v) is 11.4. The largest absolute Gasteiger partial charge is 0.371 e. The zero-order valence-electron chi connectivity index (χ0n) is 23.1. The second-order valence-electron chi connectivity index (χ2n) is 11.4. The standard InChI is InChI=1S/C32H44F2N2/c1-8-26-21(4)11-12-27-28(26)18-24(7)36(20-23(6)33)31(27)30-22(5)17-25(19-29(30)34)35-15-13-32(9-2,10-3)14-16-35/h8,11-12,17,19,23-24,31H,1,9-10,13-16,18,20H2,2-7H3/t23?,24-,31?/m1/s1. The Balaban J connectivity index is 1.77. The topological polar surface area (TPSA) is 6.48 Å². The molecule has 4 rings (SSSR count). The summed E-state index contributed by atoms with van der Waals surface area (Å²) in [6, 6.07) is 7.88. The minimum atomic E-state index is -0.991. The average molecular weight is 495 g/mol. The van der Waals surface area contributed by atoms with Gasteiger partial charge in [-0.05, 0) is 92.3 Å². The average Bonchev–Trinajstić information content (AvgIpc) is 2.85. The van der Waals surface area contributed by atoms with E-state index in [1.54, 1.807) is 13.0 Å². The molecule has 2 aliphatic rings. The molecule has 4 heteroatoms. The van der Waals surface area contributed by atoms with E-state index in [-0.39, 0.29) is 24.4 Å². The van der Waals surface area contributed by atoms with E-state index in [1.807, 2.05) is 13.0 Å². The van der Waals surface area contributed by atoms with Gasteiger partial charge in [0.05, 0.1) is 6.04 Å². The van der Waals surface area contributed by atoms with E-state index in [0.717, 1.165) is 54.7 Å². The molecule has 0 aromatic heterocycles. The molecule has 0 bridgehead atoms. The Labute approximate surface area is 217 Å². The third-order valence-corrected chi connectivity index (χ3v) is 9.25. The molecule has 2 unspecified atom stereocenters. The molecule has 2 aromatic carbocycles. The lowest BCUT2D eigenvalue weighted by Crippen LogP contribution is -2.46. The third kappa shape index (κ3) is 4.86. The van der Waals surface area contributed by atoms with Crippen LogP contribution in [0.2, 0.25) is 0 Å². The Kier molecular flexibility index (Phi) is 7.95. The lowest BCUT2D eigenvalue weighted by atomic mass is 9.74. The lowest BCUT2D eigenvalue weighted by molar-refractivity contribution is 0.111. The summed E-state index contributed by atoms with van der Waals surface area (Å²) in [4.78, 5) is 4.51. The Bertz CT molecular complexity index is 1070. The second kappa shape index (κ2) is 10.7. The number of piperidine rings is 1. The van der Waals surface area contributed by atoms with Crippen LogP contribution < -0.4 is 4.90 Å². The number of benzene rings is 2. The third-order valence-electron chi connectivity index (χ3n) is 9.25. The van der Waals surface area contributed by atoms with E-state index in [1.165, 1.54) is 24.0 Å². The number of halogens is 2. The van der Waals surface area contributed by atoms with Crippen molar-refractivity contribution in [2.45, 2.75) is 91.9 Å². The molecule has 0 saturated carbocycles. The van der Waals surface area contributed by atoms with E-state index < -0.39 is 6.17 Å². The van der Waals surface area contributed by atoms with E-state index in [4.69, 9.17) is 0 Å². The molecule has 2 nitrogen and oxygen atoms in total. The zero-order valence-corrected chi connectivity index (χ0v) is 23.1. The first-order chi connectivity index (χ1) is 17.1. The molecule has 0 amide bonds. The van der Waals surface area contributed by atoms with E-state index in [2.05, 4.69) is 62.3 Å². The first kappa shape index (κ1) is 26.9. The highest BCUT2D eigenvalue weighted by Gasteiger charge is 2.38. The number of alkyl halides is 1. The molecule has 0 spiro atoms. The van der Waals surface area contributed by atoms with Crippen LogP contribution in [0.15, 0.2) is 30.8 Å². The van der Waals surface area contributed by atoms with Gasteiger partial charge >= 0.3 is 0 Å². The lowest BCUT2D eigenvalue weighted by Gasteiger charge is -2.44. The van der Waals surface area contributed by atoms with Crippen LogP contribution in [0.25, 0.3) is 6.08 Å². The van der Waals surface area contributed by atoms with Crippen molar-refractivity contribution in [3.05, 3.63) is 70.0 Å². The van der Waals surface area contributed by atoms with Gasteiger partial charge in [-0.2, -0.15) is 0 Å². The van der Waals surface area contributed by atoms with Gasteiger partial charge < -0.3 is 4.90 Å². The molecule has 0 radical (unpaired) electrons. The quantitative estimate of drug-likeness (QED) is 0.383. The minimum Gasteiger partial charge on any atom is -0.371 e. The van der Waals surface area contributed by atoms with Gasteiger partial charge in [-0.3, -0.25) is 4.90 Å². The van der Waals surface area contributed by atoms with Crippen LogP contribution in [0.5, 0.6) is 0 Å². The normalized spacial score (nSPS) is 22.8. The maximum atomic E-state index is 16.2. The fraction of sp³-hybridized carbons (Fsp3) is 0.562. The van der Waals surface area contributed by atoms with Crippen LogP contribution in [0, 0.1) is 25.1 Å². The summed E-state index contributed by atoms with van der Waals surface area (Å²) >= 11 is 0. The minimum absolute atomic E-state index is 0.0954. The number of nitrogens with zero attached hydrogens (tertiary/aromatic N) is 2. The first-order valence-electron chi connectivity index (χ1n) is 13.8.